The number of morpholine rings is 1. The number of Topliss-reactive ketones (excluding diaryl/α,β-unsaturated/α-hetero) is 1. The predicted octanol–water partition coefficient (Wildman–Crippen LogP) is 0.932. The van der Waals surface area contributed by atoms with Crippen LogP contribution in [0.5, 0.6) is 0 Å². The van der Waals surface area contributed by atoms with Gasteiger partial charge in [-0.15, -0.1) is 0 Å². The summed E-state index contributed by atoms with van der Waals surface area (Å²) in [5.41, 5.74) is 0. The molecule has 0 radical (unpaired) electrons. The molecule has 0 bridgehead atoms. The van der Waals surface area contributed by atoms with Crippen molar-refractivity contribution in [3.05, 3.63) is 0 Å². The van der Waals surface area contributed by atoms with Gasteiger partial charge in [0.25, 0.3) is 0 Å². The Kier molecular flexibility index (Phi) is 3.88. The van der Waals surface area contributed by atoms with Gasteiger partial charge in [0.1, 0.15) is 5.78 Å². The van der Waals surface area contributed by atoms with Crippen LogP contribution in [-0.2, 0) is 9.53 Å². The first-order valence-corrected chi connectivity index (χ1v) is 4.96. The lowest BCUT2D eigenvalue weighted by molar-refractivity contribution is -0.124. The van der Waals surface area contributed by atoms with E-state index >= 15 is 0 Å². The second-order valence-corrected chi connectivity index (χ2v) is 4.04. The van der Waals surface area contributed by atoms with Crippen molar-refractivity contribution in [3.8, 4) is 0 Å². The van der Waals surface area contributed by atoms with Crippen LogP contribution in [0.3, 0.4) is 0 Å². The zero-order valence-corrected chi connectivity index (χ0v) is 8.75. The van der Waals surface area contributed by atoms with E-state index in [1.54, 1.807) is 0 Å². The lowest BCUT2D eigenvalue weighted by Crippen LogP contribution is -2.44. The summed E-state index contributed by atoms with van der Waals surface area (Å²) in [6, 6.07) is 0. The molecule has 1 aliphatic heterocycles. The molecule has 0 aromatic rings. The number of carbonyl (C=O) groups excluding carboxylic acids is 1. The number of hydrogen-bond acceptors (Lipinski definition) is 3. The first kappa shape index (κ1) is 10.7. The second kappa shape index (κ2) is 4.72. The fraction of sp³-hybridized carbons (Fsp3) is 0.900. The zero-order valence-electron chi connectivity index (χ0n) is 8.75. The number of carbonyl (C=O) groups is 1. The molecule has 1 saturated heterocycles. The van der Waals surface area contributed by atoms with Crippen LogP contribution in [-0.4, -0.2) is 43.0 Å². The summed E-state index contributed by atoms with van der Waals surface area (Å²) in [6.45, 7) is 9.07. The molecule has 1 fully saturated rings. The van der Waals surface area contributed by atoms with E-state index in [4.69, 9.17) is 4.74 Å². The van der Waals surface area contributed by atoms with E-state index in [2.05, 4.69) is 4.90 Å². The average molecular weight is 185 g/mol. The molecule has 0 spiro atoms. The van der Waals surface area contributed by atoms with Gasteiger partial charge in [0.15, 0.2) is 0 Å². The summed E-state index contributed by atoms with van der Waals surface area (Å²) in [7, 11) is 0. The van der Waals surface area contributed by atoms with Crippen molar-refractivity contribution in [1.29, 1.82) is 0 Å². The van der Waals surface area contributed by atoms with Gasteiger partial charge in [-0.3, -0.25) is 9.69 Å². The molecule has 1 atom stereocenters. The maximum absolute atomic E-state index is 11.4. The molecule has 0 aliphatic carbocycles. The topological polar surface area (TPSA) is 29.5 Å². The highest BCUT2D eigenvalue weighted by molar-refractivity contribution is 5.82. The first-order valence-electron chi connectivity index (χ1n) is 4.96. The van der Waals surface area contributed by atoms with Gasteiger partial charge in [-0.2, -0.15) is 0 Å². The Labute approximate surface area is 80.1 Å². The summed E-state index contributed by atoms with van der Waals surface area (Å²) in [6.07, 6.45) is 0.272. The molecular weight excluding hydrogens is 166 g/mol. The van der Waals surface area contributed by atoms with Crippen LogP contribution in [0, 0.1) is 5.92 Å². The molecule has 0 amide bonds. The number of hydrogen-bond donors (Lipinski definition) is 0. The van der Waals surface area contributed by atoms with Crippen molar-refractivity contribution in [3.63, 3.8) is 0 Å². The molecule has 0 aromatic carbocycles. The number of nitrogens with zero attached hydrogens (tertiary/aromatic N) is 1. The Morgan fingerprint density at radius 2 is 2.31 bits per heavy atom. The van der Waals surface area contributed by atoms with Gasteiger partial charge in [0.05, 0.1) is 19.3 Å². The normalized spacial score (nSPS) is 25.1. The standard InChI is InChI=1S/C10H19NO2/c1-8(2)10(12)7-11-4-5-13-9(3)6-11/h8-9H,4-7H2,1-3H3. The fourth-order valence-electron chi connectivity index (χ4n) is 1.44. The molecule has 76 valence electrons. The minimum absolute atomic E-state index is 0.151. The lowest BCUT2D eigenvalue weighted by Gasteiger charge is -2.30. The highest BCUT2D eigenvalue weighted by Gasteiger charge is 2.19. The van der Waals surface area contributed by atoms with Crippen molar-refractivity contribution < 1.29 is 9.53 Å². The average Bonchev–Trinajstić information content (AvgIpc) is 2.04. The van der Waals surface area contributed by atoms with Crippen LogP contribution in [0.2, 0.25) is 0 Å². The summed E-state index contributed by atoms with van der Waals surface area (Å²) < 4.78 is 5.40. The van der Waals surface area contributed by atoms with Crippen molar-refractivity contribution in [1.82, 2.24) is 4.90 Å². The number of ether oxygens (including phenoxy) is 1. The van der Waals surface area contributed by atoms with Gasteiger partial charge in [-0.05, 0) is 6.92 Å². The van der Waals surface area contributed by atoms with Crippen molar-refractivity contribution in [2.24, 2.45) is 5.92 Å². The summed E-state index contributed by atoms with van der Waals surface area (Å²) in [4.78, 5) is 13.6. The Morgan fingerprint density at radius 3 is 2.85 bits per heavy atom. The minimum Gasteiger partial charge on any atom is -0.376 e. The molecule has 1 unspecified atom stereocenters. The molecule has 3 heteroatoms. The summed E-state index contributed by atoms with van der Waals surface area (Å²) in [5.74, 6) is 0.479. The Hall–Kier alpha value is -0.410. The molecule has 0 aromatic heterocycles. The van der Waals surface area contributed by atoms with Crippen LogP contribution >= 0.6 is 0 Å². The molecule has 0 saturated carbocycles. The van der Waals surface area contributed by atoms with Gasteiger partial charge < -0.3 is 4.74 Å². The van der Waals surface area contributed by atoms with Gasteiger partial charge in [0.2, 0.25) is 0 Å². The summed E-state index contributed by atoms with van der Waals surface area (Å²) >= 11 is 0. The Balaban J connectivity index is 2.31. The molecule has 13 heavy (non-hydrogen) atoms. The maximum Gasteiger partial charge on any atom is 0.149 e. The highest BCUT2D eigenvalue weighted by Crippen LogP contribution is 2.05. The van der Waals surface area contributed by atoms with E-state index < -0.39 is 0 Å². The SMILES string of the molecule is CC1CN(CC(=O)C(C)C)CCO1. The smallest absolute Gasteiger partial charge is 0.149 e. The van der Waals surface area contributed by atoms with Gasteiger partial charge in [0, 0.05) is 19.0 Å². The van der Waals surface area contributed by atoms with Gasteiger partial charge >= 0.3 is 0 Å². The van der Waals surface area contributed by atoms with Crippen LogP contribution in [0.4, 0.5) is 0 Å². The molecule has 1 aliphatic rings. The highest BCUT2D eigenvalue weighted by atomic mass is 16.5. The van der Waals surface area contributed by atoms with Crippen LogP contribution in [0.15, 0.2) is 0 Å². The molecule has 1 heterocycles. The Bertz CT molecular complexity index is 180. The second-order valence-electron chi connectivity index (χ2n) is 4.04. The molecule has 3 nitrogen and oxygen atoms in total. The van der Waals surface area contributed by atoms with Crippen molar-refractivity contribution >= 4 is 5.78 Å². The summed E-state index contributed by atoms with van der Waals surface area (Å²) in [5, 5.41) is 0. The van der Waals surface area contributed by atoms with Crippen molar-refractivity contribution in [2.75, 3.05) is 26.2 Å². The van der Waals surface area contributed by atoms with E-state index in [-0.39, 0.29) is 12.0 Å². The van der Waals surface area contributed by atoms with Crippen LogP contribution in [0.25, 0.3) is 0 Å². The van der Waals surface area contributed by atoms with E-state index in [0.717, 1.165) is 19.7 Å². The third-order valence-corrected chi connectivity index (χ3v) is 2.35. The fourth-order valence-corrected chi connectivity index (χ4v) is 1.44. The maximum atomic E-state index is 11.4. The third-order valence-electron chi connectivity index (χ3n) is 2.35. The van der Waals surface area contributed by atoms with E-state index in [1.165, 1.54) is 0 Å². The first-order chi connectivity index (χ1) is 6.09. The molecule has 0 N–H and O–H groups in total. The molecule has 1 rings (SSSR count). The van der Waals surface area contributed by atoms with Gasteiger partial charge in [-0.1, -0.05) is 13.8 Å². The van der Waals surface area contributed by atoms with Gasteiger partial charge in [-0.25, -0.2) is 0 Å². The lowest BCUT2D eigenvalue weighted by atomic mass is 10.1. The monoisotopic (exact) mass is 185 g/mol. The zero-order chi connectivity index (χ0) is 9.84. The Morgan fingerprint density at radius 1 is 1.62 bits per heavy atom. The quantitative estimate of drug-likeness (QED) is 0.655. The predicted molar refractivity (Wildman–Crippen MR) is 51.7 cm³/mol. The number of rotatable bonds is 3. The van der Waals surface area contributed by atoms with Crippen LogP contribution < -0.4 is 0 Å². The third kappa shape index (κ3) is 3.44. The molecular formula is C10H19NO2. The van der Waals surface area contributed by atoms with E-state index in [1.807, 2.05) is 20.8 Å². The van der Waals surface area contributed by atoms with E-state index in [0.29, 0.717) is 12.3 Å². The number of ketones is 1. The minimum atomic E-state index is 0.151. The van der Waals surface area contributed by atoms with E-state index in [9.17, 15) is 4.79 Å². The largest absolute Gasteiger partial charge is 0.376 e. The van der Waals surface area contributed by atoms with Crippen molar-refractivity contribution in [2.45, 2.75) is 26.9 Å². The van der Waals surface area contributed by atoms with Crippen LogP contribution in [0.1, 0.15) is 20.8 Å².